The summed E-state index contributed by atoms with van der Waals surface area (Å²) >= 11 is 0. The molecule has 2 amide bonds. The summed E-state index contributed by atoms with van der Waals surface area (Å²) in [5.74, 6) is 0.873. The van der Waals surface area contributed by atoms with E-state index in [0.717, 1.165) is 40.2 Å². The number of carbonyl (C=O) groups is 1. The number of benzene rings is 1. The molecular formula is C19H24N4O2. The molecule has 0 bridgehead atoms. The van der Waals surface area contributed by atoms with E-state index in [9.17, 15) is 4.79 Å². The summed E-state index contributed by atoms with van der Waals surface area (Å²) in [6.07, 6.45) is 0.661. The van der Waals surface area contributed by atoms with Crippen molar-refractivity contribution in [2.75, 3.05) is 6.54 Å². The lowest BCUT2D eigenvalue weighted by molar-refractivity contribution is 0.240. The van der Waals surface area contributed by atoms with Crippen molar-refractivity contribution < 1.29 is 9.21 Å². The predicted octanol–water partition coefficient (Wildman–Crippen LogP) is 3.31. The van der Waals surface area contributed by atoms with E-state index >= 15 is 0 Å². The van der Waals surface area contributed by atoms with E-state index in [1.54, 1.807) is 0 Å². The van der Waals surface area contributed by atoms with Crippen molar-refractivity contribution in [2.24, 2.45) is 0 Å². The fourth-order valence-electron chi connectivity index (χ4n) is 2.99. The molecule has 1 aromatic carbocycles. The summed E-state index contributed by atoms with van der Waals surface area (Å²) in [5.41, 5.74) is 4.01. The number of carbonyl (C=O) groups excluding carboxylic acids is 1. The molecule has 0 saturated carbocycles. The summed E-state index contributed by atoms with van der Waals surface area (Å²) in [6.45, 7) is 7.89. The Morgan fingerprint density at radius 2 is 2.04 bits per heavy atom. The van der Waals surface area contributed by atoms with Crippen molar-refractivity contribution in [3.8, 4) is 0 Å². The Morgan fingerprint density at radius 1 is 1.24 bits per heavy atom. The highest BCUT2D eigenvalue weighted by Gasteiger charge is 2.11. The number of fused-ring (bicyclic) bond motifs is 1. The number of nitrogens with zero attached hydrogens (tertiary/aromatic N) is 2. The summed E-state index contributed by atoms with van der Waals surface area (Å²) in [5, 5.41) is 11.3. The second kappa shape index (κ2) is 7.42. The molecule has 0 aliphatic rings. The van der Waals surface area contributed by atoms with Gasteiger partial charge in [0.2, 0.25) is 0 Å². The van der Waals surface area contributed by atoms with Crippen LogP contribution in [0.15, 0.2) is 34.7 Å². The van der Waals surface area contributed by atoms with E-state index in [2.05, 4.69) is 22.7 Å². The zero-order valence-electron chi connectivity index (χ0n) is 14.9. The van der Waals surface area contributed by atoms with Crippen molar-refractivity contribution in [2.45, 2.75) is 40.3 Å². The molecule has 2 aromatic heterocycles. The molecule has 0 aliphatic heterocycles. The van der Waals surface area contributed by atoms with Gasteiger partial charge in [-0.2, -0.15) is 5.10 Å². The third kappa shape index (κ3) is 3.84. The maximum atomic E-state index is 12.0. The van der Waals surface area contributed by atoms with Gasteiger partial charge < -0.3 is 15.1 Å². The lowest BCUT2D eigenvalue weighted by Crippen LogP contribution is -2.36. The lowest BCUT2D eigenvalue weighted by Gasteiger charge is -2.07. The number of urea groups is 1. The van der Waals surface area contributed by atoms with E-state index in [1.807, 2.05) is 48.9 Å². The van der Waals surface area contributed by atoms with Crippen LogP contribution in [0.2, 0.25) is 0 Å². The Balaban J connectivity index is 1.47. The summed E-state index contributed by atoms with van der Waals surface area (Å²) in [6, 6.07) is 9.73. The van der Waals surface area contributed by atoms with Crippen LogP contribution in [-0.4, -0.2) is 22.4 Å². The molecule has 25 heavy (non-hydrogen) atoms. The van der Waals surface area contributed by atoms with Crippen LogP contribution < -0.4 is 10.6 Å². The first-order valence-electron chi connectivity index (χ1n) is 8.60. The van der Waals surface area contributed by atoms with Crippen molar-refractivity contribution in [1.82, 2.24) is 20.4 Å². The van der Waals surface area contributed by atoms with Crippen LogP contribution in [0.25, 0.3) is 11.0 Å². The number of amides is 2. The molecule has 0 atom stereocenters. The number of hydrogen-bond donors (Lipinski definition) is 2. The lowest BCUT2D eigenvalue weighted by atomic mass is 10.2. The smallest absolute Gasteiger partial charge is 0.315 e. The molecule has 3 rings (SSSR count). The van der Waals surface area contributed by atoms with Crippen LogP contribution in [0.5, 0.6) is 0 Å². The van der Waals surface area contributed by atoms with E-state index in [1.165, 1.54) is 0 Å². The van der Waals surface area contributed by atoms with Gasteiger partial charge in [-0.15, -0.1) is 0 Å². The third-order valence-electron chi connectivity index (χ3n) is 4.39. The zero-order chi connectivity index (χ0) is 17.8. The maximum absolute atomic E-state index is 12.0. The molecule has 0 fully saturated rings. The van der Waals surface area contributed by atoms with Crippen molar-refractivity contribution in [3.63, 3.8) is 0 Å². The van der Waals surface area contributed by atoms with Crippen molar-refractivity contribution in [1.29, 1.82) is 0 Å². The van der Waals surface area contributed by atoms with Crippen LogP contribution in [0.1, 0.15) is 29.6 Å². The number of rotatable bonds is 6. The normalized spacial score (nSPS) is 11.0. The maximum Gasteiger partial charge on any atom is 0.315 e. The molecule has 6 heteroatoms. The zero-order valence-corrected chi connectivity index (χ0v) is 14.9. The van der Waals surface area contributed by atoms with E-state index in [0.29, 0.717) is 19.5 Å². The standard InChI is InChI=1S/C19H24N4O2/c1-4-23-14(3)17(13(2)22-23)12-21-19(24)20-10-9-16-11-15-7-5-6-8-18(15)25-16/h5-8,11H,4,9-10,12H2,1-3H3,(H2,20,21,24). The monoisotopic (exact) mass is 340 g/mol. The highest BCUT2D eigenvalue weighted by molar-refractivity contribution is 5.77. The van der Waals surface area contributed by atoms with Gasteiger partial charge in [0, 0.05) is 42.7 Å². The molecule has 6 nitrogen and oxygen atoms in total. The second-order valence-electron chi connectivity index (χ2n) is 6.08. The van der Waals surface area contributed by atoms with E-state index < -0.39 is 0 Å². The van der Waals surface area contributed by atoms with Gasteiger partial charge in [-0.3, -0.25) is 4.68 Å². The molecule has 0 unspecified atom stereocenters. The second-order valence-corrected chi connectivity index (χ2v) is 6.08. The number of hydrogen-bond acceptors (Lipinski definition) is 3. The van der Waals surface area contributed by atoms with Crippen LogP contribution in [0, 0.1) is 13.8 Å². The Bertz CT molecular complexity index is 846. The predicted molar refractivity (Wildman–Crippen MR) is 97.5 cm³/mol. The molecule has 0 aliphatic carbocycles. The van der Waals surface area contributed by atoms with Crippen LogP contribution in [0.3, 0.4) is 0 Å². The fraction of sp³-hybridized carbons (Fsp3) is 0.368. The SMILES string of the molecule is CCn1nc(C)c(CNC(=O)NCCc2cc3ccccc3o2)c1C. The van der Waals surface area contributed by atoms with Gasteiger partial charge in [-0.05, 0) is 32.9 Å². The van der Waals surface area contributed by atoms with Crippen molar-refractivity contribution >= 4 is 17.0 Å². The average Bonchev–Trinajstić information content (AvgIpc) is 3.13. The Morgan fingerprint density at radius 3 is 2.76 bits per heavy atom. The molecular weight excluding hydrogens is 316 g/mol. The minimum Gasteiger partial charge on any atom is -0.461 e. The summed E-state index contributed by atoms with van der Waals surface area (Å²) in [4.78, 5) is 12.0. The van der Waals surface area contributed by atoms with Gasteiger partial charge in [0.1, 0.15) is 11.3 Å². The summed E-state index contributed by atoms with van der Waals surface area (Å²) in [7, 11) is 0. The number of aromatic nitrogens is 2. The van der Waals surface area contributed by atoms with Crippen LogP contribution >= 0.6 is 0 Å². The molecule has 0 spiro atoms. The topological polar surface area (TPSA) is 72.1 Å². The fourth-order valence-corrected chi connectivity index (χ4v) is 2.99. The minimum absolute atomic E-state index is 0.181. The Labute approximate surface area is 147 Å². The van der Waals surface area contributed by atoms with Crippen LogP contribution in [-0.2, 0) is 19.5 Å². The summed E-state index contributed by atoms with van der Waals surface area (Å²) < 4.78 is 7.69. The number of aryl methyl sites for hydroxylation is 2. The van der Waals surface area contributed by atoms with Crippen LogP contribution in [0.4, 0.5) is 4.79 Å². The molecule has 2 N–H and O–H groups in total. The van der Waals surface area contributed by atoms with Gasteiger partial charge >= 0.3 is 6.03 Å². The molecule has 2 heterocycles. The first-order valence-corrected chi connectivity index (χ1v) is 8.60. The number of furan rings is 1. The Hall–Kier alpha value is -2.76. The molecule has 132 valence electrons. The first-order chi connectivity index (χ1) is 12.1. The van der Waals surface area contributed by atoms with Gasteiger partial charge in [-0.1, -0.05) is 18.2 Å². The molecule has 3 aromatic rings. The van der Waals surface area contributed by atoms with E-state index in [-0.39, 0.29) is 6.03 Å². The first kappa shape index (κ1) is 17.1. The highest BCUT2D eigenvalue weighted by atomic mass is 16.3. The van der Waals surface area contributed by atoms with E-state index in [4.69, 9.17) is 4.42 Å². The third-order valence-corrected chi connectivity index (χ3v) is 4.39. The minimum atomic E-state index is -0.181. The molecule has 0 saturated heterocycles. The number of para-hydroxylation sites is 1. The van der Waals surface area contributed by atoms with Gasteiger partial charge in [0.15, 0.2) is 0 Å². The number of nitrogens with one attached hydrogen (secondary N) is 2. The molecule has 0 radical (unpaired) electrons. The highest BCUT2D eigenvalue weighted by Crippen LogP contribution is 2.18. The van der Waals surface area contributed by atoms with Gasteiger partial charge in [-0.25, -0.2) is 4.79 Å². The largest absolute Gasteiger partial charge is 0.461 e. The van der Waals surface area contributed by atoms with Gasteiger partial charge in [0.25, 0.3) is 0 Å². The quantitative estimate of drug-likeness (QED) is 0.723. The Kier molecular flexibility index (Phi) is 5.07. The van der Waals surface area contributed by atoms with Crippen molar-refractivity contribution in [3.05, 3.63) is 53.0 Å². The van der Waals surface area contributed by atoms with Gasteiger partial charge in [0.05, 0.1) is 5.69 Å². The average molecular weight is 340 g/mol.